The van der Waals surface area contributed by atoms with Crippen LogP contribution in [-0.2, 0) is 9.47 Å². The van der Waals surface area contributed by atoms with Gasteiger partial charge in [0.25, 0.3) is 0 Å². The summed E-state index contributed by atoms with van der Waals surface area (Å²) in [6, 6.07) is 7.04. The number of para-hydroxylation sites is 1. The Morgan fingerprint density at radius 2 is 1.83 bits per heavy atom. The molecule has 1 aromatic heterocycles. The lowest BCUT2D eigenvalue weighted by Crippen LogP contribution is -2.26. The third kappa shape index (κ3) is 5.04. The van der Waals surface area contributed by atoms with Crippen molar-refractivity contribution in [1.82, 2.24) is 4.98 Å². The predicted octanol–water partition coefficient (Wildman–Crippen LogP) is 4.06. The van der Waals surface area contributed by atoms with Crippen LogP contribution < -0.4 is 5.32 Å². The predicted molar refractivity (Wildman–Crippen MR) is 111 cm³/mol. The largest absolute Gasteiger partial charge is 0.465 e. The van der Waals surface area contributed by atoms with Crippen LogP contribution >= 0.6 is 0 Å². The third-order valence-corrected chi connectivity index (χ3v) is 4.72. The Morgan fingerprint density at radius 1 is 1.14 bits per heavy atom. The van der Waals surface area contributed by atoms with E-state index in [1.54, 1.807) is 32.0 Å². The van der Waals surface area contributed by atoms with Crippen LogP contribution in [0.1, 0.15) is 69.2 Å². The van der Waals surface area contributed by atoms with E-state index < -0.39 is 23.8 Å². The van der Waals surface area contributed by atoms with E-state index in [4.69, 9.17) is 9.47 Å². The van der Waals surface area contributed by atoms with Crippen molar-refractivity contribution in [2.24, 2.45) is 0 Å². The molecule has 0 saturated heterocycles. The van der Waals surface area contributed by atoms with Crippen molar-refractivity contribution < 1.29 is 23.9 Å². The Bertz CT molecular complexity index is 901. The van der Waals surface area contributed by atoms with Crippen LogP contribution in [0.5, 0.6) is 0 Å². The van der Waals surface area contributed by atoms with Gasteiger partial charge in [0.05, 0.1) is 23.9 Å². The normalized spacial score (nSPS) is 11.6. The minimum absolute atomic E-state index is 0.234. The van der Waals surface area contributed by atoms with E-state index >= 15 is 0 Å². The first kappa shape index (κ1) is 22.2. The van der Waals surface area contributed by atoms with Gasteiger partial charge in [-0.2, -0.15) is 0 Å². The Hall–Kier alpha value is -3.09. The van der Waals surface area contributed by atoms with Crippen molar-refractivity contribution >= 4 is 23.4 Å². The second-order valence-electron chi connectivity index (χ2n) is 6.85. The number of methoxy groups -OCH3 is 1. The van der Waals surface area contributed by atoms with Crippen molar-refractivity contribution in [3.05, 3.63) is 52.3 Å². The van der Waals surface area contributed by atoms with E-state index in [1.165, 1.54) is 14.0 Å². The van der Waals surface area contributed by atoms with Crippen molar-refractivity contribution in [3.8, 4) is 0 Å². The van der Waals surface area contributed by atoms with Gasteiger partial charge in [-0.15, -0.1) is 0 Å². The smallest absolute Gasteiger partial charge is 0.340 e. The highest BCUT2D eigenvalue weighted by Crippen LogP contribution is 2.22. The molecular weight excluding hydrogens is 372 g/mol. The zero-order valence-corrected chi connectivity index (χ0v) is 17.5. The molecule has 0 spiro atoms. The van der Waals surface area contributed by atoms with Gasteiger partial charge in [-0.25, -0.2) is 9.59 Å². The molecule has 0 unspecified atom stereocenters. The summed E-state index contributed by atoms with van der Waals surface area (Å²) < 4.78 is 10.2. The molecule has 0 aliphatic carbocycles. The van der Waals surface area contributed by atoms with Crippen molar-refractivity contribution in [3.63, 3.8) is 0 Å². The zero-order chi connectivity index (χ0) is 21.6. The number of carbonyl (C=O) groups excluding carboxylic acids is 3. The summed E-state index contributed by atoms with van der Waals surface area (Å²) in [7, 11) is 1.28. The van der Waals surface area contributed by atoms with Gasteiger partial charge in [-0.05, 0) is 44.9 Å². The SMILES string of the molecule is CCCCNc1ccccc1C(=O)O[C@@H](C)C(=O)c1[nH]c(C)c(C(=O)OC)c1C. The number of ketones is 1. The second kappa shape index (κ2) is 9.91. The fraction of sp³-hybridized carbons (Fsp3) is 0.409. The van der Waals surface area contributed by atoms with Crippen LogP contribution in [0.15, 0.2) is 24.3 Å². The number of hydrogen-bond donors (Lipinski definition) is 2. The first-order chi connectivity index (χ1) is 13.8. The molecule has 2 N–H and O–H groups in total. The van der Waals surface area contributed by atoms with Gasteiger partial charge in [0.15, 0.2) is 6.10 Å². The fourth-order valence-corrected chi connectivity index (χ4v) is 3.10. The fourth-order valence-electron chi connectivity index (χ4n) is 3.10. The number of aromatic amines is 1. The molecule has 7 nitrogen and oxygen atoms in total. The number of Topliss-reactive ketones (excluding diaryl/α,β-unsaturated/α-hetero) is 1. The number of benzene rings is 1. The summed E-state index contributed by atoms with van der Waals surface area (Å²) in [5.74, 6) is -1.52. The number of H-pyrrole nitrogens is 1. The Morgan fingerprint density at radius 3 is 2.48 bits per heavy atom. The lowest BCUT2D eigenvalue weighted by Gasteiger charge is -2.15. The minimum Gasteiger partial charge on any atom is -0.465 e. The molecule has 0 bridgehead atoms. The van der Waals surface area contributed by atoms with E-state index in [1.807, 2.05) is 6.07 Å². The average Bonchev–Trinajstić information content (AvgIpc) is 3.01. The van der Waals surface area contributed by atoms with Gasteiger partial charge in [0, 0.05) is 17.9 Å². The highest BCUT2D eigenvalue weighted by Gasteiger charge is 2.28. The van der Waals surface area contributed by atoms with Gasteiger partial charge < -0.3 is 19.8 Å². The number of aryl methyl sites for hydroxylation is 1. The lowest BCUT2D eigenvalue weighted by molar-refractivity contribution is 0.0317. The molecule has 0 aliphatic heterocycles. The Balaban J connectivity index is 2.17. The maximum atomic E-state index is 12.8. The highest BCUT2D eigenvalue weighted by atomic mass is 16.5. The first-order valence-electron chi connectivity index (χ1n) is 9.67. The number of anilines is 1. The molecule has 1 atom stereocenters. The van der Waals surface area contributed by atoms with Crippen molar-refractivity contribution in [2.45, 2.75) is 46.6 Å². The minimum atomic E-state index is -1.02. The molecule has 0 fully saturated rings. The summed E-state index contributed by atoms with van der Waals surface area (Å²) in [6.45, 7) is 7.69. The van der Waals surface area contributed by atoms with Crippen LogP contribution in [0.4, 0.5) is 5.69 Å². The number of aromatic nitrogens is 1. The molecule has 0 amide bonds. The number of unbranched alkanes of at least 4 members (excludes halogenated alkanes) is 1. The van der Waals surface area contributed by atoms with Crippen LogP contribution in [0.3, 0.4) is 0 Å². The van der Waals surface area contributed by atoms with Gasteiger partial charge >= 0.3 is 11.9 Å². The van der Waals surface area contributed by atoms with Crippen molar-refractivity contribution in [2.75, 3.05) is 19.0 Å². The highest BCUT2D eigenvalue weighted by molar-refractivity contribution is 6.05. The number of nitrogens with one attached hydrogen (secondary N) is 2. The monoisotopic (exact) mass is 400 g/mol. The molecule has 2 aromatic rings. The second-order valence-corrected chi connectivity index (χ2v) is 6.85. The zero-order valence-electron chi connectivity index (χ0n) is 17.5. The van der Waals surface area contributed by atoms with E-state index in [0.717, 1.165) is 19.4 Å². The topological polar surface area (TPSA) is 97.5 Å². The Kier molecular flexibility index (Phi) is 7.59. The molecule has 0 aliphatic rings. The van der Waals surface area contributed by atoms with Crippen LogP contribution in [-0.4, -0.2) is 42.5 Å². The molecule has 29 heavy (non-hydrogen) atoms. The molecule has 7 heteroatoms. The average molecular weight is 400 g/mol. The third-order valence-electron chi connectivity index (χ3n) is 4.72. The van der Waals surface area contributed by atoms with Crippen molar-refractivity contribution in [1.29, 1.82) is 0 Å². The van der Waals surface area contributed by atoms with Crippen LogP contribution in [0.25, 0.3) is 0 Å². The summed E-state index contributed by atoms with van der Waals surface area (Å²) in [5.41, 5.74) is 2.60. The maximum Gasteiger partial charge on any atom is 0.340 e. The standard InChI is InChI=1S/C22H28N2O5/c1-6-7-12-23-17-11-9-8-10-16(17)21(26)29-15(4)20(25)19-13(2)18(14(3)24-19)22(27)28-5/h8-11,15,23-24H,6-7,12H2,1-5H3/t15-/m0/s1. The summed E-state index contributed by atoms with van der Waals surface area (Å²) in [5, 5.41) is 3.22. The number of carbonyl (C=O) groups is 3. The molecule has 0 radical (unpaired) electrons. The number of rotatable bonds is 9. The molecule has 156 valence electrons. The van der Waals surface area contributed by atoms with E-state index in [0.29, 0.717) is 28.1 Å². The van der Waals surface area contributed by atoms with Gasteiger partial charge in [0.2, 0.25) is 5.78 Å². The molecule has 1 aromatic carbocycles. The van der Waals surface area contributed by atoms with Crippen LogP contribution in [0, 0.1) is 13.8 Å². The van der Waals surface area contributed by atoms with Crippen LogP contribution in [0.2, 0.25) is 0 Å². The van der Waals surface area contributed by atoms with Gasteiger partial charge in [-0.3, -0.25) is 4.79 Å². The lowest BCUT2D eigenvalue weighted by atomic mass is 10.1. The maximum absolute atomic E-state index is 12.8. The van der Waals surface area contributed by atoms with E-state index in [9.17, 15) is 14.4 Å². The number of esters is 2. The van der Waals surface area contributed by atoms with Gasteiger partial charge in [0.1, 0.15) is 0 Å². The Labute approximate surface area is 170 Å². The first-order valence-corrected chi connectivity index (χ1v) is 9.67. The number of ether oxygens (including phenoxy) is 2. The molecule has 2 rings (SSSR count). The van der Waals surface area contributed by atoms with E-state index in [2.05, 4.69) is 17.2 Å². The summed E-state index contributed by atoms with van der Waals surface area (Å²) >= 11 is 0. The molecule has 0 saturated carbocycles. The summed E-state index contributed by atoms with van der Waals surface area (Å²) in [4.78, 5) is 40.3. The molecule has 1 heterocycles. The van der Waals surface area contributed by atoms with E-state index in [-0.39, 0.29) is 5.69 Å². The van der Waals surface area contributed by atoms with Gasteiger partial charge in [-0.1, -0.05) is 25.5 Å². The molecular formula is C22H28N2O5. The summed E-state index contributed by atoms with van der Waals surface area (Å²) in [6.07, 6.45) is 0.994. The number of hydrogen-bond acceptors (Lipinski definition) is 6. The quantitative estimate of drug-likeness (QED) is 0.374.